The molecule has 0 fully saturated rings. The van der Waals surface area contributed by atoms with Crippen molar-refractivity contribution in [2.24, 2.45) is 0 Å². The van der Waals surface area contributed by atoms with Gasteiger partial charge in [-0.05, 0) is 37.6 Å². The number of nitrogens with zero attached hydrogens (tertiary/aromatic N) is 4. The lowest BCUT2D eigenvalue weighted by atomic mass is 10.2. The van der Waals surface area contributed by atoms with E-state index in [1.807, 2.05) is 6.92 Å². The number of carbonyl (C=O) groups excluding carboxylic acids is 1. The predicted molar refractivity (Wildman–Crippen MR) is 91.1 cm³/mol. The second-order valence-corrected chi connectivity index (χ2v) is 5.69. The molecule has 0 unspecified atom stereocenters. The van der Waals surface area contributed by atoms with Crippen molar-refractivity contribution in [3.8, 4) is 5.69 Å². The van der Waals surface area contributed by atoms with Gasteiger partial charge in [0.25, 0.3) is 5.56 Å². The fraction of sp³-hybridized carbons (Fsp3) is 0.294. The highest BCUT2D eigenvalue weighted by atomic mass is 19.1. The van der Waals surface area contributed by atoms with Crippen molar-refractivity contribution >= 4 is 16.8 Å². The summed E-state index contributed by atoms with van der Waals surface area (Å²) in [6, 6.07) is 5.67. The Morgan fingerprint density at radius 2 is 2.00 bits per heavy atom. The van der Waals surface area contributed by atoms with Crippen LogP contribution in [-0.2, 0) is 11.3 Å². The molecule has 2 heterocycles. The summed E-state index contributed by atoms with van der Waals surface area (Å²) in [5, 5.41) is 11.7. The summed E-state index contributed by atoms with van der Waals surface area (Å²) >= 11 is 0. The third kappa shape index (κ3) is 3.28. The lowest BCUT2D eigenvalue weighted by Gasteiger charge is -2.09. The molecule has 1 amide bonds. The van der Waals surface area contributed by atoms with Gasteiger partial charge in [0.15, 0.2) is 0 Å². The Balaban J connectivity index is 2.08. The summed E-state index contributed by atoms with van der Waals surface area (Å²) in [4.78, 5) is 24.7. The van der Waals surface area contributed by atoms with Crippen molar-refractivity contribution in [2.45, 2.75) is 26.8 Å². The van der Waals surface area contributed by atoms with Crippen LogP contribution in [0.25, 0.3) is 16.6 Å². The highest BCUT2D eigenvalue weighted by Crippen LogP contribution is 2.17. The van der Waals surface area contributed by atoms with E-state index in [9.17, 15) is 14.0 Å². The third-order valence-corrected chi connectivity index (χ3v) is 3.80. The molecule has 3 rings (SSSR count). The van der Waals surface area contributed by atoms with Crippen molar-refractivity contribution < 1.29 is 9.18 Å². The van der Waals surface area contributed by atoms with E-state index in [0.29, 0.717) is 28.8 Å². The zero-order valence-corrected chi connectivity index (χ0v) is 14.0. The zero-order chi connectivity index (χ0) is 18.0. The molecule has 0 spiro atoms. The second kappa shape index (κ2) is 6.84. The first-order chi connectivity index (χ1) is 12.0. The van der Waals surface area contributed by atoms with E-state index in [1.54, 1.807) is 13.1 Å². The van der Waals surface area contributed by atoms with E-state index >= 15 is 0 Å². The minimum Gasteiger partial charge on any atom is -0.355 e. The molecule has 7 nitrogen and oxygen atoms in total. The minimum absolute atomic E-state index is 0.162. The molecule has 25 heavy (non-hydrogen) atoms. The van der Waals surface area contributed by atoms with E-state index in [-0.39, 0.29) is 18.3 Å². The summed E-state index contributed by atoms with van der Waals surface area (Å²) in [5.74, 6) is -0.647. The van der Waals surface area contributed by atoms with E-state index < -0.39 is 5.56 Å². The monoisotopic (exact) mass is 343 g/mol. The molecule has 0 aliphatic carbocycles. The number of carbonyl (C=O) groups is 1. The topological polar surface area (TPSA) is 81.8 Å². The van der Waals surface area contributed by atoms with Gasteiger partial charge >= 0.3 is 0 Å². The number of benzene rings is 1. The van der Waals surface area contributed by atoms with Gasteiger partial charge in [-0.15, -0.1) is 0 Å². The van der Waals surface area contributed by atoms with Gasteiger partial charge in [0.2, 0.25) is 5.91 Å². The normalized spacial score (nSPS) is 11.0. The van der Waals surface area contributed by atoms with Crippen LogP contribution in [0.15, 0.2) is 35.3 Å². The summed E-state index contributed by atoms with van der Waals surface area (Å²) in [6.07, 6.45) is 2.35. The van der Waals surface area contributed by atoms with Crippen LogP contribution in [-0.4, -0.2) is 32.0 Å². The van der Waals surface area contributed by atoms with Gasteiger partial charge in [-0.25, -0.2) is 13.8 Å². The average molecular weight is 343 g/mol. The van der Waals surface area contributed by atoms with E-state index in [4.69, 9.17) is 0 Å². The van der Waals surface area contributed by atoms with Crippen LogP contribution in [0.5, 0.6) is 0 Å². The molecular formula is C17H18FN5O2. The van der Waals surface area contributed by atoms with Crippen molar-refractivity contribution in [2.75, 3.05) is 6.54 Å². The van der Waals surface area contributed by atoms with E-state index in [2.05, 4.69) is 15.5 Å². The second-order valence-electron chi connectivity index (χ2n) is 5.69. The molecule has 0 aliphatic heterocycles. The Kier molecular flexibility index (Phi) is 4.60. The molecule has 130 valence electrons. The molecule has 0 radical (unpaired) electrons. The number of halogens is 1. The van der Waals surface area contributed by atoms with Gasteiger partial charge in [-0.2, -0.15) is 10.2 Å². The highest BCUT2D eigenvalue weighted by molar-refractivity contribution is 5.82. The van der Waals surface area contributed by atoms with Crippen LogP contribution in [0, 0.1) is 12.7 Å². The highest BCUT2D eigenvalue weighted by Gasteiger charge is 2.16. The first-order valence-electron chi connectivity index (χ1n) is 7.99. The largest absolute Gasteiger partial charge is 0.355 e. The van der Waals surface area contributed by atoms with Crippen molar-refractivity contribution in [3.05, 3.63) is 52.3 Å². The molecule has 0 saturated heterocycles. The predicted octanol–water partition coefficient (Wildman–Crippen LogP) is 1.56. The Morgan fingerprint density at radius 3 is 2.68 bits per heavy atom. The van der Waals surface area contributed by atoms with Crippen LogP contribution in [0.3, 0.4) is 0 Å². The van der Waals surface area contributed by atoms with Crippen molar-refractivity contribution in [1.29, 1.82) is 0 Å². The first-order valence-corrected chi connectivity index (χ1v) is 7.99. The van der Waals surface area contributed by atoms with Crippen LogP contribution in [0.4, 0.5) is 4.39 Å². The minimum atomic E-state index is -0.422. The summed E-state index contributed by atoms with van der Waals surface area (Å²) in [5.41, 5.74) is 1.03. The van der Waals surface area contributed by atoms with Crippen molar-refractivity contribution in [3.63, 3.8) is 0 Å². The summed E-state index contributed by atoms with van der Waals surface area (Å²) < 4.78 is 15.7. The molecular weight excluding hydrogens is 325 g/mol. The Morgan fingerprint density at radius 1 is 1.28 bits per heavy atom. The quantitative estimate of drug-likeness (QED) is 0.762. The molecule has 0 saturated carbocycles. The maximum atomic E-state index is 13.1. The van der Waals surface area contributed by atoms with E-state index in [1.165, 1.54) is 28.9 Å². The van der Waals surface area contributed by atoms with Crippen LogP contribution in [0.2, 0.25) is 0 Å². The fourth-order valence-electron chi connectivity index (χ4n) is 2.56. The molecule has 2 aromatic heterocycles. The number of hydrogen-bond donors (Lipinski definition) is 1. The fourth-order valence-corrected chi connectivity index (χ4v) is 2.56. The number of fused-ring (bicyclic) bond motifs is 1. The van der Waals surface area contributed by atoms with Gasteiger partial charge < -0.3 is 5.32 Å². The number of amides is 1. The van der Waals surface area contributed by atoms with E-state index in [0.717, 1.165) is 11.1 Å². The Labute approximate surface area is 143 Å². The van der Waals surface area contributed by atoms with Gasteiger partial charge in [0.1, 0.15) is 17.9 Å². The number of nitrogens with one attached hydrogen (secondary N) is 1. The lowest BCUT2D eigenvalue weighted by molar-refractivity contribution is -0.121. The van der Waals surface area contributed by atoms with Crippen LogP contribution >= 0.6 is 0 Å². The number of rotatable bonds is 5. The van der Waals surface area contributed by atoms with Gasteiger partial charge in [-0.1, -0.05) is 6.92 Å². The van der Waals surface area contributed by atoms with Gasteiger partial charge in [-0.3, -0.25) is 9.59 Å². The maximum absolute atomic E-state index is 13.1. The molecule has 1 N–H and O–H groups in total. The van der Waals surface area contributed by atoms with Gasteiger partial charge in [0.05, 0.1) is 17.6 Å². The molecule has 0 bridgehead atoms. The lowest BCUT2D eigenvalue weighted by Crippen LogP contribution is -2.34. The zero-order valence-electron chi connectivity index (χ0n) is 14.0. The summed E-state index contributed by atoms with van der Waals surface area (Å²) in [6.45, 7) is 4.08. The van der Waals surface area contributed by atoms with Crippen LogP contribution < -0.4 is 10.9 Å². The summed E-state index contributed by atoms with van der Waals surface area (Å²) in [7, 11) is 0. The third-order valence-electron chi connectivity index (χ3n) is 3.80. The van der Waals surface area contributed by atoms with Crippen LogP contribution in [0.1, 0.15) is 19.0 Å². The van der Waals surface area contributed by atoms with Gasteiger partial charge in [0, 0.05) is 11.9 Å². The Bertz CT molecular complexity index is 975. The molecule has 0 atom stereocenters. The standard InChI is InChI=1S/C17H18FN5O2/c1-3-8-19-15(24)10-22-17(25)16-14(11(2)21-22)9-20-23(16)13-6-4-12(18)5-7-13/h4-7,9H,3,8,10H2,1-2H3,(H,19,24). The number of hydrogen-bond acceptors (Lipinski definition) is 4. The molecule has 3 aromatic rings. The average Bonchev–Trinajstić information content (AvgIpc) is 3.04. The maximum Gasteiger partial charge on any atom is 0.293 e. The molecule has 1 aromatic carbocycles. The SMILES string of the molecule is CCCNC(=O)Cn1nc(C)c2cnn(-c3ccc(F)cc3)c2c1=O. The number of aryl methyl sites for hydroxylation is 1. The number of aromatic nitrogens is 4. The molecule has 8 heteroatoms. The molecule has 0 aliphatic rings. The first kappa shape index (κ1) is 16.8. The smallest absolute Gasteiger partial charge is 0.293 e. The Hall–Kier alpha value is -3.03. The van der Waals surface area contributed by atoms with Crippen molar-refractivity contribution in [1.82, 2.24) is 24.9 Å².